The van der Waals surface area contributed by atoms with Crippen molar-refractivity contribution in [3.05, 3.63) is 11.6 Å². The summed E-state index contributed by atoms with van der Waals surface area (Å²) in [7, 11) is 0. The van der Waals surface area contributed by atoms with E-state index in [1.54, 1.807) is 13.0 Å². The van der Waals surface area contributed by atoms with E-state index in [0.717, 1.165) is 12.8 Å². The summed E-state index contributed by atoms with van der Waals surface area (Å²) < 4.78 is 32.1. The second-order valence-electron chi connectivity index (χ2n) is 7.48. The molecule has 0 amide bonds. The van der Waals surface area contributed by atoms with Gasteiger partial charge in [0.25, 0.3) is 0 Å². The monoisotopic (exact) mass is 434 g/mol. The Morgan fingerprint density at radius 1 is 1.13 bits per heavy atom. The van der Waals surface area contributed by atoms with Crippen molar-refractivity contribution < 1.29 is 33.3 Å². The molecule has 1 saturated carbocycles. The third-order valence-corrected chi connectivity index (χ3v) is 5.80. The molecular weight excluding hydrogens is 394 g/mol. The van der Waals surface area contributed by atoms with Gasteiger partial charge in [0.05, 0.1) is 0 Å². The van der Waals surface area contributed by atoms with Crippen LogP contribution in [0.25, 0.3) is 0 Å². The van der Waals surface area contributed by atoms with Gasteiger partial charge in [-0.05, 0) is 58.7 Å². The summed E-state index contributed by atoms with van der Waals surface area (Å²) in [5.74, 6) is -1.66. The molecular formula is C23H40F2O5. The number of hydrogen-bond donors (Lipinski definition) is 0. The predicted molar refractivity (Wildman–Crippen MR) is 113 cm³/mol. The molecule has 0 aromatic carbocycles. The van der Waals surface area contributed by atoms with Gasteiger partial charge in [-0.1, -0.05) is 47.5 Å². The number of hydrogen-bond acceptors (Lipinski definition) is 5. The Balaban J connectivity index is 0.00000198. The number of rotatable bonds is 4. The molecule has 0 aliphatic heterocycles. The van der Waals surface area contributed by atoms with Crippen molar-refractivity contribution in [2.24, 2.45) is 17.8 Å². The van der Waals surface area contributed by atoms with E-state index in [4.69, 9.17) is 4.74 Å². The lowest BCUT2D eigenvalue weighted by molar-refractivity contribution is -0.274. The summed E-state index contributed by atoms with van der Waals surface area (Å²) in [6, 6.07) is 0. The standard InChI is InChI=1S/C19H28F2O5.2C2H6/c1-4-13-10-16(23)11(2)8-15(24-12(3)22)9-14-6-5-7-17(25-20)18(14)19(13)26-21;2*1-2/h8,13-15,17-19H,4-7,9-10H2,1-3H3;2*1-2H3/t13-,14?,15+,17+,18?,19-;;/m0../s1. The van der Waals surface area contributed by atoms with Crippen LogP contribution in [0.3, 0.4) is 0 Å². The number of fused-ring (bicyclic) bond motifs is 1. The first kappa shape index (κ1) is 28.7. The normalized spacial score (nSPS) is 31.6. The molecule has 2 aliphatic carbocycles. The Kier molecular flexibility index (Phi) is 14.8. The topological polar surface area (TPSA) is 61.8 Å². The minimum atomic E-state index is -0.932. The zero-order valence-corrected chi connectivity index (χ0v) is 19.6. The van der Waals surface area contributed by atoms with Crippen molar-refractivity contribution in [1.82, 2.24) is 0 Å². The van der Waals surface area contributed by atoms with E-state index in [0.29, 0.717) is 24.8 Å². The fraction of sp³-hybridized carbons (Fsp3) is 0.826. The summed E-state index contributed by atoms with van der Waals surface area (Å²) in [4.78, 5) is 32.4. The van der Waals surface area contributed by atoms with Crippen LogP contribution < -0.4 is 0 Å². The SMILES string of the molecule is CC.CC.CC[C@H]1CC(=O)C(C)=C[C@@H](OC(C)=O)CC2CCC[C@@H](OF)C2[C@H]1OF. The third-order valence-electron chi connectivity index (χ3n) is 5.80. The van der Waals surface area contributed by atoms with Gasteiger partial charge in [0.2, 0.25) is 0 Å². The quantitative estimate of drug-likeness (QED) is 0.489. The highest BCUT2D eigenvalue weighted by Crippen LogP contribution is 2.43. The van der Waals surface area contributed by atoms with Crippen LogP contribution >= 0.6 is 0 Å². The average molecular weight is 435 g/mol. The minimum absolute atomic E-state index is 0.0996. The Morgan fingerprint density at radius 2 is 1.77 bits per heavy atom. The molecule has 0 bridgehead atoms. The van der Waals surface area contributed by atoms with Crippen molar-refractivity contribution in [2.75, 3.05) is 0 Å². The molecule has 0 radical (unpaired) electrons. The molecule has 2 aliphatic rings. The molecule has 1 fully saturated rings. The van der Waals surface area contributed by atoms with E-state index in [1.807, 2.05) is 34.6 Å². The number of allylic oxidation sites excluding steroid dienone is 1. The van der Waals surface area contributed by atoms with Crippen LogP contribution in [0.4, 0.5) is 9.05 Å². The molecule has 0 heterocycles. The Labute approximate surface area is 180 Å². The molecule has 0 saturated heterocycles. The maximum absolute atomic E-state index is 13.6. The van der Waals surface area contributed by atoms with E-state index in [2.05, 4.69) is 9.88 Å². The van der Waals surface area contributed by atoms with E-state index in [-0.39, 0.29) is 24.0 Å². The molecule has 6 atom stereocenters. The number of halogens is 2. The number of esters is 1. The zero-order valence-electron chi connectivity index (χ0n) is 19.6. The minimum Gasteiger partial charge on any atom is -0.458 e. The van der Waals surface area contributed by atoms with Crippen molar-refractivity contribution in [1.29, 1.82) is 0 Å². The molecule has 2 rings (SSSR count). The largest absolute Gasteiger partial charge is 0.458 e. The van der Waals surface area contributed by atoms with Gasteiger partial charge in [0.15, 0.2) is 5.78 Å². The molecule has 0 aromatic heterocycles. The van der Waals surface area contributed by atoms with Crippen LogP contribution in [0.5, 0.6) is 0 Å². The van der Waals surface area contributed by atoms with Crippen LogP contribution in [-0.4, -0.2) is 30.1 Å². The molecule has 0 aromatic rings. The number of ketones is 1. The van der Waals surface area contributed by atoms with Gasteiger partial charge < -0.3 is 4.74 Å². The average Bonchev–Trinajstić information content (AvgIpc) is 2.75. The van der Waals surface area contributed by atoms with Crippen LogP contribution in [0, 0.1) is 17.8 Å². The molecule has 176 valence electrons. The maximum atomic E-state index is 13.6. The van der Waals surface area contributed by atoms with E-state index in [9.17, 15) is 18.6 Å². The van der Waals surface area contributed by atoms with Crippen LogP contribution in [-0.2, 0) is 24.2 Å². The van der Waals surface area contributed by atoms with E-state index >= 15 is 0 Å². The fourth-order valence-corrected chi connectivity index (χ4v) is 4.50. The molecule has 5 nitrogen and oxygen atoms in total. The Hall–Kier alpha value is -1.34. The van der Waals surface area contributed by atoms with Crippen LogP contribution in [0.1, 0.15) is 87.0 Å². The van der Waals surface area contributed by atoms with Gasteiger partial charge >= 0.3 is 5.97 Å². The maximum Gasteiger partial charge on any atom is 0.303 e. The van der Waals surface area contributed by atoms with Crippen molar-refractivity contribution in [2.45, 2.75) is 105 Å². The van der Waals surface area contributed by atoms with Gasteiger partial charge in [0, 0.05) is 19.3 Å². The number of Topliss-reactive ketones (excluding diaryl/α,β-unsaturated/α-hetero) is 1. The van der Waals surface area contributed by atoms with Crippen molar-refractivity contribution in [3.63, 3.8) is 0 Å². The molecule has 0 spiro atoms. The summed E-state index contributed by atoms with van der Waals surface area (Å²) in [6.45, 7) is 12.8. The summed E-state index contributed by atoms with van der Waals surface area (Å²) in [5, 5.41) is 0. The highest BCUT2D eigenvalue weighted by atomic mass is 19.3. The number of carbonyl (C=O) groups is 2. The number of carbonyl (C=O) groups excluding carboxylic acids is 2. The van der Waals surface area contributed by atoms with Gasteiger partial charge in [0.1, 0.15) is 18.3 Å². The molecule has 0 N–H and O–H groups in total. The summed E-state index contributed by atoms with van der Waals surface area (Å²) in [5.41, 5.74) is 0.486. The molecule has 7 heteroatoms. The summed E-state index contributed by atoms with van der Waals surface area (Å²) >= 11 is 0. The highest BCUT2D eigenvalue weighted by molar-refractivity contribution is 5.95. The lowest BCUT2D eigenvalue weighted by Gasteiger charge is -2.42. The van der Waals surface area contributed by atoms with Gasteiger partial charge in [-0.2, -0.15) is 9.88 Å². The van der Waals surface area contributed by atoms with E-state index < -0.39 is 30.2 Å². The van der Waals surface area contributed by atoms with Gasteiger partial charge in [-0.15, -0.1) is 0 Å². The smallest absolute Gasteiger partial charge is 0.303 e. The lowest BCUT2D eigenvalue weighted by atomic mass is 9.68. The van der Waals surface area contributed by atoms with Gasteiger partial charge in [-0.25, -0.2) is 0 Å². The predicted octanol–water partition coefficient (Wildman–Crippen LogP) is 6.26. The molecule has 2 unspecified atom stereocenters. The first-order valence-electron chi connectivity index (χ1n) is 11.3. The fourth-order valence-electron chi connectivity index (χ4n) is 4.50. The molecule has 30 heavy (non-hydrogen) atoms. The van der Waals surface area contributed by atoms with Crippen molar-refractivity contribution >= 4 is 11.8 Å². The van der Waals surface area contributed by atoms with E-state index in [1.165, 1.54) is 6.92 Å². The highest BCUT2D eigenvalue weighted by Gasteiger charge is 2.45. The Bertz CT molecular complexity index is 538. The lowest BCUT2D eigenvalue weighted by Crippen LogP contribution is -2.46. The van der Waals surface area contributed by atoms with Gasteiger partial charge in [-0.3, -0.25) is 9.59 Å². The second-order valence-corrected chi connectivity index (χ2v) is 7.48. The zero-order chi connectivity index (χ0) is 23.3. The Morgan fingerprint density at radius 3 is 2.27 bits per heavy atom. The number of ether oxygens (including phenoxy) is 1. The van der Waals surface area contributed by atoms with Crippen LogP contribution in [0.15, 0.2) is 11.6 Å². The van der Waals surface area contributed by atoms with Crippen molar-refractivity contribution in [3.8, 4) is 0 Å². The third kappa shape index (κ3) is 8.06. The first-order valence-corrected chi connectivity index (χ1v) is 11.3. The summed E-state index contributed by atoms with van der Waals surface area (Å²) in [6.07, 6.45) is 2.27. The first-order chi connectivity index (χ1) is 14.4. The van der Waals surface area contributed by atoms with Crippen LogP contribution in [0.2, 0.25) is 0 Å². The second kappa shape index (κ2) is 15.5.